The maximum Gasteiger partial charge on any atom is 0.303 e. The molecule has 0 aromatic heterocycles. The number of rotatable bonds is 8. The number of benzene rings is 1. The van der Waals surface area contributed by atoms with Gasteiger partial charge in [-0.2, -0.15) is 0 Å². The van der Waals surface area contributed by atoms with E-state index < -0.39 is 54.6 Å². The van der Waals surface area contributed by atoms with Crippen molar-refractivity contribution in [1.82, 2.24) is 0 Å². The molecule has 0 amide bonds. The van der Waals surface area contributed by atoms with E-state index in [4.69, 9.17) is 28.4 Å². The summed E-state index contributed by atoms with van der Waals surface area (Å²) in [5.41, 5.74) is 0.846. The van der Waals surface area contributed by atoms with Crippen LogP contribution >= 0.6 is 0 Å². The van der Waals surface area contributed by atoms with E-state index in [1.54, 1.807) is 30.3 Å². The van der Waals surface area contributed by atoms with Gasteiger partial charge in [0, 0.05) is 27.7 Å². The monoisotopic (exact) mass is 450 g/mol. The molecule has 32 heavy (non-hydrogen) atoms. The smallest absolute Gasteiger partial charge is 0.303 e. The summed E-state index contributed by atoms with van der Waals surface area (Å²) in [7, 11) is 0. The Kier molecular flexibility index (Phi) is 8.77. The lowest BCUT2D eigenvalue weighted by Gasteiger charge is -2.43. The Morgan fingerprint density at radius 1 is 0.844 bits per heavy atom. The minimum Gasteiger partial charge on any atom is -0.463 e. The molecule has 1 aromatic carbocycles. The Morgan fingerprint density at radius 2 is 1.38 bits per heavy atom. The first-order valence-corrected chi connectivity index (χ1v) is 9.80. The summed E-state index contributed by atoms with van der Waals surface area (Å²) in [5.74, 6) is -2.36. The van der Waals surface area contributed by atoms with Crippen LogP contribution in [0.1, 0.15) is 33.3 Å². The van der Waals surface area contributed by atoms with Gasteiger partial charge in [-0.05, 0) is 17.7 Å². The molecule has 1 saturated heterocycles. The molecule has 10 heteroatoms. The van der Waals surface area contributed by atoms with Crippen LogP contribution in [-0.2, 0) is 42.9 Å². The van der Waals surface area contributed by atoms with Crippen molar-refractivity contribution in [3.05, 3.63) is 36.4 Å². The first kappa shape index (κ1) is 24.9. The lowest BCUT2D eigenvalue weighted by Crippen LogP contribution is -2.63. The fraction of sp³-hybridized carbons (Fsp3) is 0.455. The molecule has 0 spiro atoms. The van der Waals surface area contributed by atoms with E-state index in [-0.39, 0.29) is 6.61 Å². The predicted octanol–water partition coefficient (Wildman–Crippen LogP) is 1.79. The highest BCUT2D eigenvalue weighted by Crippen LogP contribution is 2.31. The summed E-state index contributed by atoms with van der Waals surface area (Å²) in [5, 5.41) is 0. The normalized spacial score (nSPS) is 24.6. The molecule has 0 N–H and O–H groups in total. The molecule has 174 valence electrons. The van der Waals surface area contributed by atoms with Gasteiger partial charge >= 0.3 is 23.9 Å². The Labute approximate surface area is 185 Å². The SMILES string of the molecule is C=Cc1ccc(OC2O[C@H](COC(C)=O)[C@@H](OC(C)=O)[C@H](OC(C)=O)[C@H]2OC(C)=O)cc1. The average Bonchev–Trinajstić information content (AvgIpc) is 2.70. The lowest BCUT2D eigenvalue weighted by atomic mass is 9.98. The van der Waals surface area contributed by atoms with Gasteiger partial charge in [0.2, 0.25) is 12.4 Å². The summed E-state index contributed by atoms with van der Waals surface area (Å²) in [6.07, 6.45) is -4.50. The standard InChI is InChI=1S/C22H26O10/c1-6-16-7-9-17(10-8-16)31-22-21(30-15(5)26)20(29-14(4)25)19(28-13(3)24)18(32-22)11-27-12(2)23/h6-10,18-22H,1,11H2,2-5H3/t18-,19-,20+,21-,22?/m1/s1. The van der Waals surface area contributed by atoms with Crippen LogP contribution in [0.3, 0.4) is 0 Å². The van der Waals surface area contributed by atoms with E-state index >= 15 is 0 Å². The van der Waals surface area contributed by atoms with Gasteiger partial charge in [0.1, 0.15) is 18.5 Å². The van der Waals surface area contributed by atoms with Crippen LogP contribution in [0.15, 0.2) is 30.8 Å². The highest BCUT2D eigenvalue weighted by atomic mass is 16.7. The summed E-state index contributed by atoms with van der Waals surface area (Å²) in [6, 6.07) is 6.78. The second kappa shape index (κ2) is 11.3. The van der Waals surface area contributed by atoms with Crippen LogP contribution < -0.4 is 4.74 Å². The van der Waals surface area contributed by atoms with Crippen molar-refractivity contribution in [3.63, 3.8) is 0 Å². The van der Waals surface area contributed by atoms with Crippen LogP contribution in [0.5, 0.6) is 5.75 Å². The van der Waals surface area contributed by atoms with Crippen LogP contribution in [0, 0.1) is 0 Å². The van der Waals surface area contributed by atoms with E-state index in [1.807, 2.05) is 0 Å². The van der Waals surface area contributed by atoms with E-state index in [9.17, 15) is 19.2 Å². The Hall–Kier alpha value is -3.40. The fourth-order valence-corrected chi connectivity index (χ4v) is 3.10. The number of ether oxygens (including phenoxy) is 6. The molecule has 10 nitrogen and oxygen atoms in total. The lowest BCUT2D eigenvalue weighted by molar-refractivity contribution is -0.288. The summed E-state index contributed by atoms with van der Waals surface area (Å²) in [6.45, 7) is 8.01. The Balaban J connectivity index is 2.43. The van der Waals surface area contributed by atoms with Crippen molar-refractivity contribution < 1.29 is 47.6 Å². The summed E-state index contributed by atoms with van der Waals surface area (Å²) >= 11 is 0. The third-order valence-electron chi connectivity index (χ3n) is 4.32. The van der Waals surface area contributed by atoms with E-state index in [1.165, 1.54) is 6.92 Å². The summed E-state index contributed by atoms with van der Waals surface area (Å²) in [4.78, 5) is 46.6. The zero-order valence-electron chi connectivity index (χ0n) is 18.3. The second-order valence-corrected chi connectivity index (χ2v) is 6.96. The van der Waals surface area contributed by atoms with Crippen LogP contribution in [0.2, 0.25) is 0 Å². The first-order chi connectivity index (χ1) is 15.1. The van der Waals surface area contributed by atoms with Crippen LogP contribution in [-0.4, -0.2) is 61.2 Å². The molecule has 1 fully saturated rings. The van der Waals surface area contributed by atoms with E-state index in [0.717, 1.165) is 26.3 Å². The zero-order chi connectivity index (χ0) is 23.8. The molecule has 0 bridgehead atoms. The third kappa shape index (κ3) is 7.09. The molecule has 1 aliphatic heterocycles. The largest absolute Gasteiger partial charge is 0.463 e. The Bertz CT molecular complexity index is 847. The minimum absolute atomic E-state index is 0.326. The molecular weight excluding hydrogens is 424 g/mol. The van der Waals surface area contributed by atoms with Gasteiger partial charge < -0.3 is 28.4 Å². The molecule has 5 atom stereocenters. The maximum absolute atomic E-state index is 11.8. The Morgan fingerprint density at radius 3 is 1.88 bits per heavy atom. The second-order valence-electron chi connectivity index (χ2n) is 6.96. The molecule has 0 saturated carbocycles. The van der Waals surface area contributed by atoms with Crippen molar-refractivity contribution in [1.29, 1.82) is 0 Å². The highest BCUT2D eigenvalue weighted by molar-refractivity contribution is 5.68. The molecule has 2 rings (SSSR count). The quantitative estimate of drug-likeness (QED) is 0.428. The van der Waals surface area contributed by atoms with Crippen LogP contribution in [0.4, 0.5) is 0 Å². The zero-order valence-corrected chi connectivity index (χ0v) is 18.3. The van der Waals surface area contributed by atoms with E-state index in [2.05, 4.69) is 6.58 Å². The number of carbonyl (C=O) groups is 4. The van der Waals surface area contributed by atoms with Gasteiger partial charge in [-0.25, -0.2) is 0 Å². The van der Waals surface area contributed by atoms with Crippen molar-refractivity contribution in [3.8, 4) is 5.75 Å². The molecule has 1 aliphatic rings. The number of hydrogen-bond acceptors (Lipinski definition) is 10. The van der Waals surface area contributed by atoms with Gasteiger partial charge in [-0.1, -0.05) is 24.8 Å². The van der Waals surface area contributed by atoms with Gasteiger partial charge in [0.15, 0.2) is 12.2 Å². The highest BCUT2D eigenvalue weighted by Gasteiger charge is 2.53. The molecule has 0 radical (unpaired) electrons. The molecule has 0 aliphatic carbocycles. The van der Waals surface area contributed by atoms with Crippen LogP contribution in [0.25, 0.3) is 6.08 Å². The molecule has 1 unspecified atom stereocenters. The van der Waals surface area contributed by atoms with Gasteiger partial charge in [0.05, 0.1) is 0 Å². The minimum atomic E-state index is -1.29. The van der Waals surface area contributed by atoms with Gasteiger partial charge in [0.25, 0.3) is 0 Å². The fourth-order valence-electron chi connectivity index (χ4n) is 3.10. The van der Waals surface area contributed by atoms with Gasteiger partial charge in [-0.3, -0.25) is 19.2 Å². The number of esters is 4. The first-order valence-electron chi connectivity index (χ1n) is 9.80. The number of hydrogen-bond donors (Lipinski definition) is 0. The maximum atomic E-state index is 11.8. The van der Waals surface area contributed by atoms with Crippen molar-refractivity contribution in [2.45, 2.75) is 58.4 Å². The van der Waals surface area contributed by atoms with Crippen molar-refractivity contribution in [2.24, 2.45) is 0 Å². The van der Waals surface area contributed by atoms with E-state index in [0.29, 0.717) is 5.75 Å². The van der Waals surface area contributed by atoms with Gasteiger partial charge in [-0.15, -0.1) is 0 Å². The van der Waals surface area contributed by atoms with Crippen molar-refractivity contribution in [2.75, 3.05) is 6.61 Å². The molecule has 1 heterocycles. The predicted molar refractivity (Wildman–Crippen MR) is 109 cm³/mol. The number of carbonyl (C=O) groups excluding carboxylic acids is 4. The third-order valence-corrected chi connectivity index (χ3v) is 4.32. The summed E-state index contributed by atoms with van der Waals surface area (Å²) < 4.78 is 32.7. The van der Waals surface area contributed by atoms with Crippen molar-refractivity contribution >= 4 is 30.0 Å². The molecule has 1 aromatic rings. The topological polar surface area (TPSA) is 124 Å². The average molecular weight is 450 g/mol. The molecular formula is C22H26O10.